The van der Waals surface area contributed by atoms with Crippen molar-refractivity contribution in [3.63, 3.8) is 0 Å². The molecule has 0 amide bonds. The van der Waals surface area contributed by atoms with Crippen LogP contribution in [0, 0.1) is 5.92 Å². The number of rotatable bonds is 0. The average molecular weight is 278 g/mol. The monoisotopic (exact) mass is 278 g/mol. The lowest BCUT2D eigenvalue weighted by atomic mass is 9.68. The van der Waals surface area contributed by atoms with Crippen LogP contribution in [0.3, 0.4) is 0 Å². The highest BCUT2D eigenvalue weighted by Gasteiger charge is 2.69. The van der Waals surface area contributed by atoms with Crippen LogP contribution in [0.2, 0.25) is 0 Å². The van der Waals surface area contributed by atoms with E-state index in [1.807, 2.05) is 0 Å². The summed E-state index contributed by atoms with van der Waals surface area (Å²) in [4.78, 5) is 12.6. The van der Waals surface area contributed by atoms with Crippen molar-refractivity contribution in [3.05, 3.63) is 29.8 Å². The lowest BCUT2D eigenvalue weighted by Crippen LogP contribution is -2.62. The Morgan fingerprint density at radius 3 is 2.70 bits per heavy atom. The smallest absolute Gasteiger partial charge is 0.158 e. The number of hydrogen-bond acceptors (Lipinski definition) is 3. The minimum Gasteiger partial charge on any atom is -0.412 e. The maximum absolute atomic E-state index is 12.6. The van der Waals surface area contributed by atoms with Gasteiger partial charge in [-0.05, 0) is 31.5 Å². The van der Waals surface area contributed by atoms with E-state index >= 15 is 0 Å². The van der Waals surface area contributed by atoms with Gasteiger partial charge in [-0.15, -0.1) is 0 Å². The molecule has 5 nitrogen and oxygen atoms in total. The third-order valence-corrected chi connectivity index (χ3v) is 5.53. The molecule has 20 heavy (non-hydrogen) atoms. The third-order valence-electron chi connectivity index (χ3n) is 5.53. The molecule has 6 N–H and O–H groups in total. The first-order chi connectivity index (χ1) is 8.60. The summed E-state index contributed by atoms with van der Waals surface area (Å²) < 4.78 is 0. The Hall–Kier alpha value is -1.43. The molecule has 1 saturated heterocycles. The minimum atomic E-state index is -0.406. The van der Waals surface area contributed by atoms with Crippen molar-refractivity contribution in [1.29, 1.82) is 0 Å². The van der Waals surface area contributed by atoms with E-state index in [1.54, 1.807) is 0 Å². The highest BCUT2D eigenvalue weighted by atomic mass is 16.1. The Bertz CT molecular complexity index is 562. The number of hydrogen-bond donors (Lipinski definition) is 2. The molecule has 1 aromatic rings. The molecule has 2 bridgehead atoms. The quantitative estimate of drug-likeness (QED) is 0.700. The molecule has 1 aromatic carbocycles. The van der Waals surface area contributed by atoms with Gasteiger partial charge in [0, 0.05) is 17.0 Å². The highest BCUT2D eigenvalue weighted by molar-refractivity contribution is 5.98. The van der Waals surface area contributed by atoms with Crippen LogP contribution in [0.5, 0.6) is 0 Å². The van der Waals surface area contributed by atoms with E-state index in [2.05, 4.69) is 48.7 Å². The number of carbonyl (C=O) groups is 1. The van der Waals surface area contributed by atoms with Crippen LogP contribution in [-0.2, 0) is 10.2 Å². The summed E-state index contributed by atoms with van der Waals surface area (Å²) >= 11 is 0. The van der Waals surface area contributed by atoms with E-state index < -0.39 is 5.54 Å². The van der Waals surface area contributed by atoms with Crippen molar-refractivity contribution >= 4 is 11.5 Å². The summed E-state index contributed by atoms with van der Waals surface area (Å²) in [7, 11) is 0. The molecule has 5 heteroatoms. The maximum Gasteiger partial charge on any atom is 0.158 e. The first-order valence-electron chi connectivity index (χ1n) is 6.76. The van der Waals surface area contributed by atoms with Gasteiger partial charge in [0.05, 0.1) is 11.6 Å². The molecule has 2 aliphatic heterocycles. The lowest BCUT2D eigenvalue weighted by Gasteiger charge is -2.42. The molecule has 1 aliphatic carbocycles. The first-order valence-corrected chi connectivity index (χ1v) is 6.76. The molecular weight excluding hydrogens is 256 g/mol. The topological polar surface area (TPSA) is 104 Å². The summed E-state index contributed by atoms with van der Waals surface area (Å²) in [6.45, 7) is 5.10. The van der Waals surface area contributed by atoms with Crippen LogP contribution in [0.4, 0.5) is 5.69 Å². The first kappa shape index (κ1) is 15.0. The number of para-hydroxylation sites is 1. The fraction of sp³-hybridized carbons (Fsp3) is 0.533. The van der Waals surface area contributed by atoms with Gasteiger partial charge in [-0.3, -0.25) is 4.79 Å². The minimum absolute atomic E-state index is 0. The Balaban J connectivity index is 0.000000735. The number of carbonyl (C=O) groups excluding carboxylic acids is 1. The number of Topliss-reactive ketones (excluding diaryl/α,β-unsaturated/α-hetero) is 1. The summed E-state index contributed by atoms with van der Waals surface area (Å²) in [5.41, 5.74) is 2.17. The number of ketones is 1. The van der Waals surface area contributed by atoms with Gasteiger partial charge in [0.2, 0.25) is 0 Å². The SMILES string of the molecule is C[C@@H]1C(=O)[C@@]2(C)NCC[C@@]13c1ccccc1N[C@H]32.O.O. The molecule has 4 atom stereocenters. The van der Waals surface area contributed by atoms with Crippen LogP contribution < -0.4 is 10.6 Å². The summed E-state index contributed by atoms with van der Waals surface area (Å²) in [5, 5.41) is 7.06. The second-order valence-electron chi connectivity index (χ2n) is 6.13. The average Bonchev–Trinajstić information content (AvgIpc) is 2.77. The van der Waals surface area contributed by atoms with Crippen molar-refractivity contribution in [2.24, 2.45) is 5.92 Å². The Labute approximate surface area is 118 Å². The molecule has 3 aliphatic rings. The van der Waals surface area contributed by atoms with Gasteiger partial charge < -0.3 is 21.6 Å². The maximum atomic E-state index is 12.6. The van der Waals surface area contributed by atoms with Crippen LogP contribution >= 0.6 is 0 Å². The molecule has 0 aromatic heterocycles. The standard InChI is InChI=1S/C15H18N2O.2H2O/c1-9-12(18)14(2)13-15(9,7-8-16-14)10-5-3-4-6-11(10)17-13;;/h3-6,9,13,16-17H,7-8H2,1-2H3;2*1H2/t9-,13+,14-,15+;;/m1../s1. The normalized spacial score (nSPS) is 40.0. The van der Waals surface area contributed by atoms with Crippen molar-refractivity contribution in [3.8, 4) is 0 Å². The summed E-state index contributed by atoms with van der Waals surface area (Å²) in [5.74, 6) is 0.464. The van der Waals surface area contributed by atoms with E-state index in [9.17, 15) is 4.79 Å². The van der Waals surface area contributed by atoms with E-state index in [4.69, 9.17) is 0 Å². The lowest BCUT2D eigenvalue weighted by molar-refractivity contribution is -0.125. The van der Waals surface area contributed by atoms with Crippen LogP contribution in [0.15, 0.2) is 24.3 Å². The van der Waals surface area contributed by atoms with Crippen LogP contribution in [0.1, 0.15) is 25.8 Å². The Morgan fingerprint density at radius 1 is 1.25 bits per heavy atom. The van der Waals surface area contributed by atoms with Gasteiger partial charge in [0.1, 0.15) is 0 Å². The second kappa shape index (κ2) is 4.28. The molecule has 2 heterocycles. The molecular formula is C15H22N2O3. The van der Waals surface area contributed by atoms with Crippen molar-refractivity contribution < 1.29 is 15.7 Å². The van der Waals surface area contributed by atoms with Crippen LogP contribution in [0.25, 0.3) is 0 Å². The zero-order valence-corrected chi connectivity index (χ0v) is 11.8. The van der Waals surface area contributed by atoms with E-state index in [1.165, 1.54) is 11.3 Å². The zero-order valence-electron chi connectivity index (χ0n) is 11.8. The molecule has 110 valence electrons. The summed E-state index contributed by atoms with van der Waals surface area (Å²) in [6, 6.07) is 8.70. The fourth-order valence-corrected chi connectivity index (χ4v) is 4.64. The van der Waals surface area contributed by atoms with Gasteiger partial charge in [-0.25, -0.2) is 0 Å². The predicted molar refractivity (Wildman–Crippen MR) is 78.0 cm³/mol. The number of fused-ring (bicyclic) bond motifs is 1. The second-order valence-corrected chi connectivity index (χ2v) is 6.13. The highest BCUT2D eigenvalue weighted by Crippen LogP contribution is 2.58. The van der Waals surface area contributed by atoms with Gasteiger partial charge in [0.15, 0.2) is 5.78 Å². The predicted octanol–water partition coefficient (Wildman–Crippen LogP) is 0.0399. The number of benzene rings is 1. The van der Waals surface area contributed by atoms with Gasteiger partial charge in [-0.2, -0.15) is 0 Å². The van der Waals surface area contributed by atoms with Gasteiger partial charge in [0.25, 0.3) is 0 Å². The number of nitrogens with one attached hydrogen (secondary N) is 2. The van der Waals surface area contributed by atoms with Crippen molar-refractivity contribution in [2.45, 2.75) is 37.3 Å². The van der Waals surface area contributed by atoms with Crippen molar-refractivity contribution in [1.82, 2.24) is 5.32 Å². The molecule has 0 spiro atoms. The van der Waals surface area contributed by atoms with Crippen molar-refractivity contribution in [2.75, 3.05) is 11.9 Å². The third kappa shape index (κ3) is 1.30. The van der Waals surface area contributed by atoms with E-state index in [0.717, 1.165) is 13.0 Å². The zero-order chi connectivity index (χ0) is 12.5. The molecule has 2 fully saturated rings. The largest absolute Gasteiger partial charge is 0.412 e. The molecule has 0 unspecified atom stereocenters. The number of piperidine rings is 1. The fourth-order valence-electron chi connectivity index (χ4n) is 4.64. The van der Waals surface area contributed by atoms with E-state index in [-0.39, 0.29) is 28.3 Å². The molecule has 0 radical (unpaired) electrons. The van der Waals surface area contributed by atoms with Gasteiger partial charge >= 0.3 is 0 Å². The Morgan fingerprint density at radius 2 is 1.95 bits per heavy atom. The molecule has 1 saturated carbocycles. The van der Waals surface area contributed by atoms with E-state index in [0.29, 0.717) is 5.78 Å². The van der Waals surface area contributed by atoms with Crippen LogP contribution in [-0.4, -0.2) is 34.9 Å². The Kier molecular flexibility index (Phi) is 3.20. The molecule has 4 rings (SSSR count). The summed E-state index contributed by atoms with van der Waals surface area (Å²) in [6.07, 6.45) is 1.05. The number of anilines is 1. The van der Waals surface area contributed by atoms with Gasteiger partial charge in [-0.1, -0.05) is 25.1 Å².